The molecule has 0 spiro atoms. The van der Waals surface area contributed by atoms with Crippen molar-refractivity contribution < 1.29 is 17.9 Å². The molecule has 0 aliphatic heterocycles. The Morgan fingerprint density at radius 1 is 1.21 bits per heavy atom. The summed E-state index contributed by atoms with van der Waals surface area (Å²) in [4.78, 5) is 1.16. The summed E-state index contributed by atoms with van der Waals surface area (Å²) in [5.74, 6) is 0.282. The smallest absolute Gasteiger partial charge is 0.416 e. The molecular formula is C13H12F3NOS. The summed E-state index contributed by atoms with van der Waals surface area (Å²) in [5, 5.41) is 1.96. The van der Waals surface area contributed by atoms with Crippen molar-refractivity contribution in [3.8, 4) is 5.75 Å². The van der Waals surface area contributed by atoms with Crippen LogP contribution >= 0.6 is 11.3 Å². The lowest BCUT2D eigenvalue weighted by molar-refractivity contribution is -0.137. The molecule has 0 unspecified atom stereocenters. The second-order valence-corrected chi connectivity index (χ2v) is 4.96. The van der Waals surface area contributed by atoms with Crippen LogP contribution in [0.3, 0.4) is 0 Å². The monoisotopic (exact) mass is 287 g/mol. The van der Waals surface area contributed by atoms with Crippen LogP contribution in [-0.2, 0) is 12.6 Å². The molecular weight excluding hydrogens is 275 g/mol. The van der Waals surface area contributed by atoms with Crippen LogP contribution < -0.4 is 10.5 Å². The average Bonchev–Trinajstić information content (AvgIpc) is 2.83. The summed E-state index contributed by atoms with van der Waals surface area (Å²) >= 11 is 1.61. The molecule has 1 aromatic carbocycles. The van der Waals surface area contributed by atoms with Crippen LogP contribution in [0.4, 0.5) is 18.9 Å². The maximum Gasteiger partial charge on any atom is 0.416 e. The summed E-state index contributed by atoms with van der Waals surface area (Å²) in [7, 11) is 0. The molecule has 0 atom stereocenters. The van der Waals surface area contributed by atoms with Crippen LogP contribution in [0.15, 0.2) is 35.7 Å². The van der Waals surface area contributed by atoms with Crippen LogP contribution in [0.1, 0.15) is 10.4 Å². The zero-order chi connectivity index (χ0) is 13.9. The number of benzene rings is 1. The van der Waals surface area contributed by atoms with Crippen LogP contribution in [0.5, 0.6) is 5.75 Å². The predicted octanol–water partition coefficient (Wildman–Crippen LogP) is 3.97. The van der Waals surface area contributed by atoms with Gasteiger partial charge in [0.05, 0.1) is 17.9 Å². The third-order valence-corrected chi connectivity index (χ3v) is 3.46. The Bertz CT molecular complexity index is 537. The van der Waals surface area contributed by atoms with E-state index in [1.54, 1.807) is 11.3 Å². The van der Waals surface area contributed by atoms with Crippen LogP contribution in [0.25, 0.3) is 0 Å². The first-order valence-electron chi connectivity index (χ1n) is 5.59. The second-order valence-electron chi connectivity index (χ2n) is 3.93. The molecule has 6 heteroatoms. The summed E-state index contributed by atoms with van der Waals surface area (Å²) in [6.07, 6.45) is -3.68. The highest BCUT2D eigenvalue weighted by Gasteiger charge is 2.30. The van der Waals surface area contributed by atoms with E-state index in [9.17, 15) is 13.2 Å². The van der Waals surface area contributed by atoms with E-state index in [1.165, 1.54) is 6.07 Å². The highest BCUT2D eigenvalue weighted by Crippen LogP contribution is 2.33. The minimum atomic E-state index is -4.39. The van der Waals surface area contributed by atoms with Gasteiger partial charge < -0.3 is 10.5 Å². The van der Waals surface area contributed by atoms with Crippen molar-refractivity contribution in [3.05, 3.63) is 46.2 Å². The van der Waals surface area contributed by atoms with Crippen molar-refractivity contribution in [1.29, 1.82) is 0 Å². The topological polar surface area (TPSA) is 35.2 Å². The lowest BCUT2D eigenvalue weighted by Gasteiger charge is -2.11. The van der Waals surface area contributed by atoms with Gasteiger partial charge >= 0.3 is 6.18 Å². The number of thiophene rings is 1. The molecule has 2 rings (SSSR count). The van der Waals surface area contributed by atoms with Crippen molar-refractivity contribution in [1.82, 2.24) is 0 Å². The molecule has 2 N–H and O–H groups in total. The number of hydrogen-bond donors (Lipinski definition) is 1. The van der Waals surface area contributed by atoms with Crippen molar-refractivity contribution in [2.75, 3.05) is 12.3 Å². The number of nitrogen functional groups attached to an aromatic ring is 1. The molecule has 1 aromatic heterocycles. The van der Waals surface area contributed by atoms with Gasteiger partial charge in [0.15, 0.2) is 0 Å². The zero-order valence-corrected chi connectivity index (χ0v) is 10.7. The predicted molar refractivity (Wildman–Crippen MR) is 69.4 cm³/mol. The first kappa shape index (κ1) is 13.7. The van der Waals surface area contributed by atoms with E-state index in [0.29, 0.717) is 13.0 Å². The van der Waals surface area contributed by atoms with Crippen molar-refractivity contribution >= 4 is 17.0 Å². The van der Waals surface area contributed by atoms with Crippen LogP contribution in [0, 0.1) is 0 Å². The van der Waals surface area contributed by atoms with Crippen molar-refractivity contribution in [2.45, 2.75) is 12.6 Å². The normalized spacial score (nSPS) is 11.5. The molecule has 0 radical (unpaired) electrons. The molecule has 102 valence electrons. The van der Waals surface area contributed by atoms with E-state index < -0.39 is 11.7 Å². The standard InChI is InChI=1S/C13H12F3NOS/c14-13(15,16)9-3-4-12(11(17)8-9)18-6-5-10-2-1-7-19-10/h1-4,7-8H,5-6,17H2. The second kappa shape index (κ2) is 5.52. The van der Waals surface area contributed by atoms with E-state index in [4.69, 9.17) is 10.5 Å². The highest BCUT2D eigenvalue weighted by molar-refractivity contribution is 7.09. The van der Waals surface area contributed by atoms with Gasteiger partial charge in [-0.1, -0.05) is 6.07 Å². The molecule has 19 heavy (non-hydrogen) atoms. The van der Waals surface area contributed by atoms with Gasteiger partial charge in [0.25, 0.3) is 0 Å². The van der Waals surface area contributed by atoms with E-state index >= 15 is 0 Å². The van der Waals surface area contributed by atoms with Crippen molar-refractivity contribution in [2.24, 2.45) is 0 Å². The third-order valence-electron chi connectivity index (χ3n) is 2.52. The molecule has 0 saturated carbocycles. The molecule has 1 heterocycles. The lowest BCUT2D eigenvalue weighted by atomic mass is 10.2. The van der Waals surface area contributed by atoms with Gasteiger partial charge in [-0.3, -0.25) is 0 Å². The summed E-state index contributed by atoms with van der Waals surface area (Å²) in [6, 6.07) is 7.03. The fourth-order valence-electron chi connectivity index (χ4n) is 1.57. The molecule has 2 aromatic rings. The fourth-order valence-corrected chi connectivity index (χ4v) is 2.26. The van der Waals surface area contributed by atoms with Gasteiger partial charge in [0.1, 0.15) is 5.75 Å². The highest BCUT2D eigenvalue weighted by atomic mass is 32.1. The summed E-state index contributed by atoms with van der Waals surface area (Å²) in [6.45, 7) is 0.385. The number of anilines is 1. The van der Waals surface area contributed by atoms with E-state index in [0.717, 1.165) is 17.0 Å². The number of nitrogens with two attached hydrogens (primary N) is 1. The molecule has 2 nitrogen and oxygen atoms in total. The van der Waals surface area contributed by atoms with Gasteiger partial charge in [-0.05, 0) is 29.6 Å². The molecule has 0 amide bonds. The Kier molecular flexibility index (Phi) is 3.99. The Labute approximate surface area is 112 Å². The quantitative estimate of drug-likeness (QED) is 0.864. The zero-order valence-electron chi connectivity index (χ0n) is 9.91. The molecule has 0 saturated heterocycles. The first-order valence-corrected chi connectivity index (χ1v) is 6.46. The maximum atomic E-state index is 12.4. The van der Waals surface area contributed by atoms with Gasteiger partial charge in [0, 0.05) is 11.3 Å². The Hall–Kier alpha value is -1.69. The SMILES string of the molecule is Nc1cc(C(F)(F)F)ccc1OCCc1cccs1. The molecule has 0 bridgehead atoms. The molecule has 0 aliphatic carbocycles. The van der Waals surface area contributed by atoms with Crippen LogP contribution in [-0.4, -0.2) is 6.61 Å². The number of rotatable bonds is 4. The number of ether oxygens (including phenoxy) is 1. The lowest BCUT2D eigenvalue weighted by Crippen LogP contribution is -2.07. The average molecular weight is 287 g/mol. The number of hydrogen-bond acceptors (Lipinski definition) is 3. The maximum absolute atomic E-state index is 12.4. The van der Waals surface area contributed by atoms with E-state index in [2.05, 4.69) is 0 Å². The van der Waals surface area contributed by atoms with Gasteiger partial charge in [-0.2, -0.15) is 13.2 Å². The van der Waals surface area contributed by atoms with Crippen LogP contribution in [0.2, 0.25) is 0 Å². The minimum Gasteiger partial charge on any atom is -0.491 e. The summed E-state index contributed by atoms with van der Waals surface area (Å²) in [5.41, 5.74) is 4.79. The molecule has 0 aliphatic rings. The van der Waals surface area contributed by atoms with E-state index in [-0.39, 0.29) is 11.4 Å². The number of halogens is 3. The molecule has 0 fully saturated rings. The van der Waals surface area contributed by atoms with Crippen molar-refractivity contribution in [3.63, 3.8) is 0 Å². The number of alkyl halides is 3. The van der Waals surface area contributed by atoms with Gasteiger partial charge in [0.2, 0.25) is 0 Å². The first-order chi connectivity index (χ1) is 8.97. The third kappa shape index (κ3) is 3.64. The minimum absolute atomic E-state index is 0.000930. The van der Waals surface area contributed by atoms with E-state index in [1.807, 2.05) is 17.5 Å². The Morgan fingerprint density at radius 3 is 2.58 bits per heavy atom. The largest absolute Gasteiger partial charge is 0.491 e. The van der Waals surface area contributed by atoms with Gasteiger partial charge in [-0.15, -0.1) is 11.3 Å². The summed E-state index contributed by atoms with van der Waals surface area (Å²) < 4.78 is 42.7. The Morgan fingerprint density at radius 2 is 2.00 bits per heavy atom. The Balaban J connectivity index is 1.97. The fraction of sp³-hybridized carbons (Fsp3) is 0.231. The van der Waals surface area contributed by atoms with Gasteiger partial charge in [-0.25, -0.2) is 0 Å².